The lowest BCUT2D eigenvalue weighted by Gasteiger charge is -1.99. The fourth-order valence-corrected chi connectivity index (χ4v) is 1.89. The molecule has 0 aliphatic heterocycles. The van der Waals surface area contributed by atoms with Gasteiger partial charge in [-0.15, -0.1) is 0 Å². The summed E-state index contributed by atoms with van der Waals surface area (Å²) in [6.45, 7) is 0. The van der Waals surface area contributed by atoms with Crippen LogP contribution in [0.5, 0.6) is 0 Å². The number of rotatable bonds is 1. The topological polar surface area (TPSA) is 12.9 Å². The second-order valence-electron chi connectivity index (χ2n) is 2.79. The molecule has 0 amide bonds. The predicted octanol–water partition coefficient (Wildman–Crippen LogP) is 3.89. The molecule has 0 bridgehead atoms. The standard InChI is InChI=1S/C10H7Br2N/c11-6-7-1-2-8-3-4-10(12)13-9(8)5-7/h1-5H,6H2. The molecule has 2 aromatic rings. The highest BCUT2D eigenvalue weighted by Gasteiger charge is 1.97. The van der Waals surface area contributed by atoms with Crippen molar-refractivity contribution < 1.29 is 0 Å². The molecule has 0 aliphatic carbocycles. The molecular weight excluding hydrogens is 294 g/mol. The summed E-state index contributed by atoms with van der Waals surface area (Å²) in [5.41, 5.74) is 2.28. The monoisotopic (exact) mass is 299 g/mol. The SMILES string of the molecule is BrCc1ccc2ccc(Br)nc2c1. The van der Waals surface area contributed by atoms with E-state index in [0.717, 1.165) is 15.4 Å². The van der Waals surface area contributed by atoms with Gasteiger partial charge >= 0.3 is 0 Å². The summed E-state index contributed by atoms with van der Waals surface area (Å²) in [7, 11) is 0. The maximum absolute atomic E-state index is 4.38. The van der Waals surface area contributed by atoms with E-state index in [1.807, 2.05) is 6.07 Å². The van der Waals surface area contributed by atoms with E-state index in [9.17, 15) is 0 Å². The van der Waals surface area contributed by atoms with Crippen LogP contribution in [-0.2, 0) is 5.33 Å². The van der Waals surface area contributed by atoms with Crippen molar-refractivity contribution in [2.45, 2.75) is 5.33 Å². The van der Waals surface area contributed by atoms with Gasteiger partial charge in [-0.05, 0) is 33.6 Å². The van der Waals surface area contributed by atoms with Crippen molar-refractivity contribution >= 4 is 42.8 Å². The van der Waals surface area contributed by atoms with E-state index < -0.39 is 0 Å². The van der Waals surface area contributed by atoms with Crippen molar-refractivity contribution in [3.05, 3.63) is 40.5 Å². The molecule has 3 heteroatoms. The number of fused-ring (bicyclic) bond motifs is 1. The van der Waals surface area contributed by atoms with Gasteiger partial charge in [-0.1, -0.05) is 34.1 Å². The van der Waals surface area contributed by atoms with E-state index in [0.29, 0.717) is 0 Å². The lowest BCUT2D eigenvalue weighted by molar-refractivity contribution is 1.33. The Hall–Kier alpha value is -0.410. The molecular formula is C10H7Br2N. The van der Waals surface area contributed by atoms with Crippen LogP contribution < -0.4 is 0 Å². The largest absolute Gasteiger partial charge is 0.241 e. The fourth-order valence-electron chi connectivity index (χ4n) is 1.22. The fraction of sp³-hybridized carbons (Fsp3) is 0.100. The molecule has 66 valence electrons. The molecule has 0 saturated heterocycles. The molecule has 1 aromatic carbocycles. The van der Waals surface area contributed by atoms with Gasteiger partial charge in [0.1, 0.15) is 4.60 Å². The average Bonchev–Trinajstić information content (AvgIpc) is 2.16. The predicted molar refractivity (Wildman–Crippen MR) is 62.1 cm³/mol. The zero-order valence-electron chi connectivity index (χ0n) is 6.80. The molecule has 0 atom stereocenters. The van der Waals surface area contributed by atoms with E-state index in [4.69, 9.17) is 0 Å². The zero-order chi connectivity index (χ0) is 9.26. The molecule has 1 aromatic heterocycles. The van der Waals surface area contributed by atoms with Gasteiger partial charge in [0.15, 0.2) is 0 Å². The molecule has 1 nitrogen and oxygen atoms in total. The third kappa shape index (κ3) is 1.92. The van der Waals surface area contributed by atoms with Gasteiger partial charge in [-0.25, -0.2) is 4.98 Å². The summed E-state index contributed by atoms with van der Waals surface area (Å²) >= 11 is 6.78. The third-order valence-corrected chi connectivity index (χ3v) is 2.97. The Bertz CT molecular complexity index is 440. The molecule has 0 fully saturated rings. The van der Waals surface area contributed by atoms with Crippen molar-refractivity contribution in [2.75, 3.05) is 0 Å². The van der Waals surface area contributed by atoms with Crippen LogP contribution in [0.4, 0.5) is 0 Å². The Balaban J connectivity index is 2.68. The van der Waals surface area contributed by atoms with E-state index in [-0.39, 0.29) is 0 Å². The number of pyridine rings is 1. The van der Waals surface area contributed by atoms with Gasteiger partial charge in [0.25, 0.3) is 0 Å². The first-order valence-corrected chi connectivity index (χ1v) is 5.82. The van der Waals surface area contributed by atoms with Crippen LogP contribution in [0.3, 0.4) is 0 Å². The van der Waals surface area contributed by atoms with Gasteiger partial charge in [0, 0.05) is 10.7 Å². The quantitative estimate of drug-likeness (QED) is 0.575. The van der Waals surface area contributed by atoms with Gasteiger partial charge in [0.2, 0.25) is 0 Å². The maximum atomic E-state index is 4.38. The van der Waals surface area contributed by atoms with E-state index in [1.165, 1.54) is 10.9 Å². The minimum Gasteiger partial charge on any atom is -0.241 e. The number of alkyl halides is 1. The van der Waals surface area contributed by atoms with Crippen molar-refractivity contribution in [2.24, 2.45) is 0 Å². The van der Waals surface area contributed by atoms with Gasteiger partial charge < -0.3 is 0 Å². The number of nitrogens with zero attached hydrogens (tertiary/aromatic N) is 1. The zero-order valence-corrected chi connectivity index (χ0v) is 9.97. The first-order valence-electron chi connectivity index (χ1n) is 3.91. The van der Waals surface area contributed by atoms with Crippen molar-refractivity contribution in [1.29, 1.82) is 0 Å². The lowest BCUT2D eigenvalue weighted by atomic mass is 10.1. The summed E-state index contributed by atoms with van der Waals surface area (Å²) in [5.74, 6) is 0. The minimum absolute atomic E-state index is 0.872. The smallest absolute Gasteiger partial charge is 0.106 e. The second-order valence-corrected chi connectivity index (χ2v) is 4.17. The van der Waals surface area contributed by atoms with Crippen LogP contribution in [0.2, 0.25) is 0 Å². The summed E-state index contributed by atoms with van der Waals surface area (Å²) < 4.78 is 0.881. The number of benzene rings is 1. The van der Waals surface area contributed by atoms with Crippen LogP contribution in [0, 0.1) is 0 Å². The number of hydrogen-bond donors (Lipinski definition) is 0. The van der Waals surface area contributed by atoms with Crippen LogP contribution in [0.1, 0.15) is 5.56 Å². The van der Waals surface area contributed by atoms with Crippen LogP contribution in [0.25, 0.3) is 10.9 Å². The van der Waals surface area contributed by atoms with Crippen LogP contribution in [0.15, 0.2) is 34.9 Å². The summed E-state index contributed by atoms with van der Waals surface area (Å²) in [4.78, 5) is 4.38. The molecule has 0 N–H and O–H groups in total. The van der Waals surface area contributed by atoms with Gasteiger partial charge in [-0.2, -0.15) is 0 Å². The molecule has 0 aliphatic rings. The first kappa shape index (κ1) is 9.16. The normalized spacial score (nSPS) is 10.6. The summed E-state index contributed by atoms with van der Waals surface area (Å²) in [5, 5.41) is 2.05. The Morgan fingerprint density at radius 2 is 1.92 bits per heavy atom. The molecule has 13 heavy (non-hydrogen) atoms. The van der Waals surface area contributed by atoms with E-state index in [2.05, 4.69) is 61.1 Å². The number of aromatic nitrogens is 1. The Morgan fingerprint density at radius 3 is 2.69 bits per heavy atom. The second kappa shape index (κ2) is 3.76. The third-order valence-electron chi connectivity index (χ3n) is 1.88. The first-order chi connectivity index (χ1) is 6.29. The van der Waals surface area contributed by atoms with Crippen molar-refractivity contribution in [1.82, 2.24) is 4.98 Å². The summed E-state index contributed by atoms with van der Waals surface area (Å²) in [6, 6.07) is 10.3. The van der Waals surface area contributed by atoms with Crippen molar-refractivity contribution in [3.8, 4) is 0 Å². The van der Waals surface area contributed by atoms with Gasteiger partial charge in [0.05, 0.1) is 5.52 Å². The number of halogens is 2. The molecule has 0 spiro atoms. The highest BCUT2D eigenvalue weighted by Crippen LogP contribution is 2.18. The Kier molecular flexibility index (Phi) is 2.65. The molecule has 2 rings (SSSR count). The number of hydrogen-bond acceptors (Lipinski definition) is 1. The van der Waals surface area contributed by atoms with Crippen LogP contribution >= 0.6 is 31.9 Å². The van der Waals surface area contributed by atoms with Gasteiger partial charge in [-0.3, -0.25) is 0 Å². The average molecular weight is 301 g/mol. The minimum atomic E-state index is 0.872. The van der Waals surface area contributed by atoms with E-state index >= 15 is 0 Å². The van der Waals surface area contributed by atoms with Crippen molar-refractivity contribution in [3.63, 3.8) is 0 Å². The molecule has 1 heterocycles. The molecule has 0 unspecified atom stereocenters. The molecule has 0 saturated carbocycles. The molecule has 0 radical (unpaired) electrons. The Labute approximate surface area is 93.4 Å². The van der Waals surface area contributed by atoms with E-state index in [1.54, 1.807) is 0 Å². The Morgan fingerprint density at radius 1 is 1.15 bits per heavy atom. The lowest BCUT2D eigenvalue weighted by Crippen LogP contribution is -1.82. The summed E-state index contributed by atoms with van der Waals surface area (Å²) in [6.07, 6.45) is 0. The maximum Gasteiger partial charge on any atom is 0.106 e. The highest BCUT2D eigenvalue weighted by molar-refractivity contribution is 9.10. The highest BCUT2D eigenvalue weighted by atomic mass is 79.9. The van der Waals surface area contributed by atoms with Crippen LogP contribution in [-0.4, -0.2) is 4.98 Å².